The average molecular weight is 267 g/mol. The maximum Gasteiger partial charge on any atom is 0.389 e. The van der Waals surface area contributed by atoms with E-state index in [0.29, 0.717) is 25.9 Å². The highest BCUT2D eigenvalue weighted by molar-refractivity contribution is 5.77. The number of rotatable bonds is 3. The maximum absolute atomic E-state index is 12.0. The van der Waals surface area contributed by atoms with Gasteiger partial charge in [0.05, 0.1) is 19.4 Å². The Hall–Kier alpha value is -1.27. The second-order valence-electron chi connectivity index (χ2n) is 4.29. The molecule has 0 radical (unpaired) electrons. The van der Waals surface area contributed by atoms with Gasteiger partial charge in [-0.3, -0.25) is 9.59 Å². The first-order chi connectivity index (χ1) is 8.33. The molecule has 0 saturated carbocycles. The van der Waals surface area contributed by atoms with Gasteiger partial charge in [-0.15, -0.1) is 0 Å². The molecule has 104 valence electrons. The molecule has 18 heavy (non-hydrogen) atoms. The lowest BCUT2D eigenvalue weighted by atomic mass is 9.97. The molecule has 0 aromatic heterocycles. The molecule has 1 saturated heterocycles. The standard InChI is InChI=1S/C11H16F3NO3/c1-18-10(17)8-3-6-15(7-4-8)9(16)2-5-11(12,13)14/h8H,2-7H2,1H3. The summed E-state index contributed by atoms with van der Waals surface area (Å²) in [4.78, 5) is 24.1. The van der Waals surface area contributed by atoms with E-state index in [0.717, 1.165) is 0 Å². The van der Waals surface area contributed by atoms with Crippen LogP contribution in [0.4, 0.5) is 13.2 Å². The molecule has 0 atom stereocenters. The van der Waals surface area contributed by atoms with Gasteiger partial charge in [0.1, 0.15) is 0 Å². The third-order valence-corrected chi connectivity index (χ3v) is 3.00. The molecular formula is C11H16F3NO3. The lowest BCUT2D eigenvalue weighted by Gasteiger charge is -2.30. The zero-order valence-electron chi connectivity index (χ0n) is 10.1. The summed E-state index contributed by atoms with van der Waals surface area (Å²) >= 11 is 0. The van der Waals surface area contributed by atoms with E-state index in [-0.39, 0.29) is 11.9 Å². The van der Waals surface area contributed by atoms with Crippen molar-refractivity contribution in [2.45, 2.75) is 31.9 Å². The molecule has 0 bridgehead atoms. The summed E-state index contributed by atoms with van der Waals surface area (Å²) in [6, 6.07) is 0. The van der Waals surface area contributed by atoms with Crippen molar-refractivity contribution in [3.63, 3.8) is 0 Å². The molecule has 0 aliphatic carbocycles. The van der Waals surface area contributed by atoms with Gasteiger partial charge in [0.15, 0.2) is 0 Å². The van der Waals surface area contributed by atoms with E-state index in [1.54, 1.807) is 0 Å². The summed E-state index contributed by atoms with van der Waals surface area (Å²) in [6.07, 6.45) is -5.02. The molecule has 1 aliphatic rings. The Bertz CT molecular complexity index is 309. The van der Waals surface area contributed by atoms with Gasteiger partial charge in [0.2, 0.25) is 5.91 Å². The van der Waals surface area contributed by atoms with Crippen molar-refractivity contribution in [3.05, 3.63) is 0 Å². The normalized spacial score (nSPS) is 17.7. The van der Waals surface area contributed by atoms with Crippen molar-refractivity contribution in [1.29, 1.82) is 0 Å². The molecule has 0 aromatic carbocycles. The Morgan fingerprint density at radius 1 is 1.28 bits per heavy atom. The molecule has 0 N–H and O–H groups in total. The number of ether oxygens (including phenoxy) is 1. The Morgan fingerprint density at radius 2 is 1.83 bits per heavy atom. The Balaban J connectivity index is 2.34. The summed E-state index contributed by atoms with van der Waals surface area (Å²) in [5, 5.41) is 0. The van der Waals surface area contributed by atoms with Gasteiger partial charge in [-0.25, -0.2) is 0 Å². The number of nitrogens with zero attached hydrogens (tertiary/aromatic N) is 1. The maximum atomic E-state index is 12.0. The SMILES string of the molecule is COC(=O)C1CCN(C(=O)CCC(F)(F)F)CC1. The summed E-state index contributed by atoms with van der Waals surface area (Å²) in [7, 11) is 1.29. The van der Waals surface area contributed by atoms with Crippen molar-refractivity contribution < 1.29 is 27.5 Å². The second kappa shape index (κ2) is 6.06. The van der Waals surface area contributed by atoms with Crippen LogP contribution in [-0.4, -0.2) is 43.2 Å². The average Bonchev–Trinajstić information content (AvgIpc) is 2.34. The number of carbonyl (C=O) groups is 2. The van der Waals surface area contributed by atoms with E-state index in [1.165, 1.54) is 12.0 Å². The highest BCUT2D eigenvalue weighted by Crippen LogP contribution is 2.23. The number of piperidine rings is 1. The smallest absolute Gasteiger partial charge is 0.389 e. The Labute approximate surface area is 103 Å². The quantitative estimate of drug-likeness (QED) is 0.732. The van der Waals surface area contributed by atoms with E-state index in [2.05, 4.69) is 4.74 Å². The van der Waals surface area contributed by atoms with Gasteiger partial charge < -0.3 is 9.64 Å². The minimum atomic E-state index is -4.31. The minimum Gasteiger partial charge on any atom is -0.469 e. The summed E-state index contributed by atoms with van der Waals surface area (Å²) in [5.74, 6) is -1.07. The molecule has 0 unspecified atom stereocenters. The van der Waals surface area contributed by atoms with Crippen LogP contribution in [0, 0.1) is 5.92 Å². The van der Waals surface area contributed by atoms with E-state index in [1.807, 2.05) is 0 Å². The monoisotopic (exact) mass is 267 g/mol. The van der Waals surface area contributed by atoms with Crippen molar-refractivity contribution in [3.8, 4) is 0 Å². The second-order valence-corrected chi connectivity index (χ2v) is 4.29. The molecule has 1 fully saturated rings. The van der Waals surface area contributed by atoms with Crippen molar-refractivity contribution in [1.82, 2.24) is 4.90 Å². The highest BCUT2D eigenvalue weighted by Gasteiger charge is 2.31. The van der Waals surface area contributed by atoms with Crippen LogP contribution >= 0.6 is 0 Å². The molecule has 1 rings (SSSR count). The van der Waals surface area contributed by atoms with Crippen molar-refractivity contribution in [2.24, 2.45) is 5.92 Å². The fourth-order valence-corrected chi connectivity index (χ4v) is 1.94. The van der Waals surface area contributed by atoms with Gasteiger partial charge in [0.25, 0.3) is 0 Å². The zero-order chi connectivity index (χ0) is 13.8. The lowest BCUT2D eigenvalue weighted by Crippen LogP contribution is -2.40. The topological polar surface area (TPSA) is 46.6 Å². The Kier molecular flexibility index (Phi) is 4.98. The summed E-state index contributed by atoms with van der Waals surface area (Å²) in [6.45, 7) is 0.632. The first kappa shape index (κ1) is 14.8. The fourth-order valence-electron chi connectivity index (χ4n) is 1.94. The first-order valence-corrected chi connectivity index (χ1v) is 5.76. The van der Waals surface area contributed by atoms with Crippen molar-refractivity contribution >= 4 is 11.9 Å². The van der Waals surface area contributed by atoms with E-state index < -0.39 is 24.9 Å². The van der Waals surface area contributed by atoms with Crippen LogP contribution in [0.2, 0.25) is 0 Å². The fraction of sp³-hybridized carbons (Fsp3) is 0.818. The van der Waals surface area contributed by atoms with Crippen LogP contribution < -0.4 is 0 Å². The first-order valence-electron chi connectivity index (χ1n) is 5.76. The van der Waals surface area contributed by atoms with Gasteiger partial charge in [-0.05, 0) is 12.8 Å². The Morgan fingerprint density at radius 3 is 2.28 bits per heavy atom. The number of hydrogen-bond acceptors (Lipinski definition) is 3. The number of halogens is 3. The molecule has 1 heterocycles. The predicted octanol–water partition coefficient (Wildman–Crippen LogP) is 1.74. The number of esters is 1. The van der Waals surface area contributed by atoms with E-state index >= 15 is 0 Å². The number of hydrogen-bond donors (Lipinski definition) is 0. The summed E-state index contributed by atoms with van der Waals surface area (Å²) in [5.41, 5.74) is 0. The van der Waals surface area contributed by atoms with Crippen LogP contribution in [-0.2, 0) is 14.3 Å². The molecule has 7 heteroatoms. The third-order valence-electron chi connectivity index (χ3n) is 3.00. The number of likely N-dealkylation sites (tertiary alicyclic amines) is 1. The lowest BCUT2D eigenvalue weighted by molar-refractivity contribution is -0.152. The van der Waals surface area contributed by atoms with Gasteiger partial charge in [-0.1, -0.05) is 0 Å². The van der Waals surface area contributed by atoms with Crippen LogP contribution in [0.1, 0.15) is 25.7 Å². The minimum absolute atomic E-state index is 0.248. The highest BCUT2D eigenvalue weighted by atomic mass is 19.4. The summed E-state index contributed by atoms with van der Waals surface area (Å²) < 4.78 is 40.5. The van der Waals surface area contributed by atoms with E-state index in [9.17, 15) is 22.8 Å². The van der Waals surface area contributed by atoms with Crippen LogP contribution in [0.3, 0.4) is 0 Å². The molecule has 0 spiro atoms. The molecule has 1 amide bonds. The van der Waals surface area contributed by atoms with Gasteiger partial charge >= 0.3 is 12.1 Å². The number of alkyl halides is 3. The van der Waals surface area contributed by atoms with Crippen LogP contribution in [0.25, 0.3) is 0 Å². The number of methoxy groups -OCH3 is 1. The van der Waals surface area contributed by atoms with Gasteiger partial charge in [-0.2, -0.15) is 13.2 Å². The molecular weight excluding hydrogens is 251 g/mol. The largest absolute Gasteiger partial charge is 0.469 e. The van der Waals surface area contributed by atoms with Crippen LogP contribution in [0.15, 0.2) is 0 Å². The zero-order valence-corrected chi connectivity index (χ0v) is 10.1. The predicted molar refractivity (Wildman–Crippen MR) is 56.6 cm³/mol. The van der Waals surface area contributed by atoms with Gasteiger partial charge in [0, 0.05) is 19.5 Å². The van der Waals surface area contributed by atoms with Crippen LogP contribution in [0.5, 0.6) is 0 Å². The molecule has 0 aromatic rings. The van der Waals surface area contributed by atoms with Crippen molar-refractivity contribution in [2.75, 3.05) is 20.2 Å². The number of amides is 1. The van der Waals surface area contributed by atoms with E-state index in [4.69, 9.17) is 0 Å². The number of carbonyl (C=O) groups excluding carboxylic acids is 2. The molecule has 4 nitrogen and oxygen atoms in total. The third kappa shape index (κ3) is 4.54. The molecule has 1 aliphatic heterocycles.